The molecule has 0 bridgehead atoms. The highest BCUT2D eigenvalue weighted by Crippen LogP contribution is 2.31. The Balaban J connectivity index is 1.30. The van der Waals surface area contributed by atoms with E-state index in [0.717, 1.165) is 25.9 Å². The van der Waals surface area contributed by atoms with Gasteiger partial charge < -0.3 is 4.90 Å². The molecule has 202 valence electrons. The predicted octanol–water partition coefficient (Wildman–Crippen LogP) is 10.2. The average molecular weight is 532 g/mol. The molecular weight excluding hydrogens is 494 g/mol. The van der Waals surface area contributed by atoms with Gasteiger partial charge >= 0.3 is 0 Å². The topological polar surface area (TPSA) is 3.24 Å². The largest absolute Gasteiger partial charge is 0.363 e. The van der Waals surface area contributed by atoms with Crippen LogP contribution in [0, 0.1) is 13.8 Å². The van der Waals surface area contributed by atoms with Crippen LogP contribution in [-0.4, -0.2) is 0 Å². The third-order valence-corrected chi connectivity index (χ3v) is 8.06. The van der Waals surface area contributed by atoms with Gasteiger partial charge in [0, 0.05) is 18.8 Å². The average Bonchev–Trinajstić information content (AvgIpc) is 3.08. The molecule has 1 aliphatic rings. The van der Waals surface area contributed by atoms with E-state index in [1.165, 1.54) is 61.3 Å². The summed E-state index contributed by atoms with van der Waals surface area (Å²) in [4.78, 5) is 2.48. The lowest BCUT2D eigenvalue weighted by atomic mass is 9.93. The van der Waals surface area contributed by atoms with Crippen molar-refractivity contribution in [3.05, 3.63) is 171 Å². The summed E-state index contributed by atoms with van der Waals surface area (Å²) in [7, 11) is 0. The van der Waals surface area contributed by atoms with E-state index >= 15 is 0 Å². The summed E-state index contributed by atoms with van der Waals surface area (Å²) in [5.74, 6) is 0. The van der Waals surface area contributed by atoms with Crippen LogP contribution in [0.3, 0.4) is 0 Å². The number of fused-ring (bicyclic) bond motifs is 2. The van der Waals surface area contributed by atoms with Crippen LogP contribution >= 0.6 is 0 Å². The normalized spacial score (nSPS) is 14.3. The second kappa shape index (κ2) is 12.3. The van der Waals surface area contributed by atoms with Crippen LogP contribution in [0.25, 0.3) is 23.8 Å². The van der Waals surface area contributed by atoms with Crippen molar-refractivity contribution in [1.82, 2.24) is 0 Å². The highest BCUT2D eigenvalue weighted by molar-refractivity contribution is 5.88. The van der Waals surface area contributed by atoms with Gasteiger partial charge in [-0.05, 0) is 83.3 Å². The Hall–Kier alpha value is -4.62. The zero-order valence-corrected chi connectivity index (χ0v) is 24.1. The number of hydrogen-bond donors (Lipinski definition) is 0. The molecule has 0 radical (unpaired) electrons. The molecule has 0 unspecified atom stereocenters. The highest BCUT2D eigenvalue weighted by Gasteiger charge is 2.12. The van der Waals surface area contributed by atoms with E-state index in [9.17, 15) is 0 Å². The minimum atomic E-state index is 0.869. The van der Waals surface area contributed by atoms with Gasteiger partial charge in [0.25, 0.3) is 0 Å². The lowest BCUT2D eigenvalue weighted by Gasteiger charge is -2.26. The summed E-state index contributed by atoms with van der Waals surface area (Å²) in [6.07, 6.45) is 8.95. The van der Waals surface area contributed by atoms with Gasteiger partial charge in [0.15, 0.2) is 0 Å². The Labute approximate surface area is 245 Å². The monoisotopic (exact) mass is 531 g/mol. The molecule has 1 aliphatic carbocycles. The van der Waals surface area contributed by atoms with Gasteiger partial charge in [-0.1, -0.05) is 139 Å². The molecule has 0 saturated carbocycles. The van der Waals surface area contributed by atoms with Crippen LogP contribution in [0.5, 0.6) is 0 Å². The number of benzene rings is 5. The van der Waals surface area contributed by atoms with Crippen LogP contribution < -0.4 is 4.90 Å². The van der Waals surface area contributed by atoms with Gasteiger partial charge in [-0.2, -0.15) is 0 Å². The Morgan fingerprint density at radius 3 is 1.78 bits per heavy atom. The first-order chi connectivity index (χ1) is 20.1. The predicted molar refractivity (Wildman–Crippen MR) is 177 cm³/mol. The molecule has 0 N–H and O–H groups in total. The molecular formula is C40H37N. The Bertz CT molecular complexity index is 1620. The number of rotatable bonds is 6. The fraction of sp³-hybridized carbons (Fsp3) is 0.150. The second-order valence-corrected chi connectivity index (χ2v) is 11.2. The van der Waals surface area contributed by atoms with Crippen LogP contribution in [0.2, 0.25) is 0 Å². The van der Waals surface area contributed by atoms with Crippen molar-refractivity contribution in [3.8, 4) is 0 Å². The maximum Gasteiger partial charge on any atom is 0.0433 e. The minimum absolute atomic E-state index is 0.869. The molecule has 0 heterocycles. The number of hydrogen-bond acceptors (Lipinski definition) is 1. The summed E-state index contributed by atoms with van der Waals surface area (Å²) in [5.41, 5.74) is 14.4. The second-order valence-electron chi connectivity index (χ2n) is 11.2. The number of anilines is 1. The summed E-state index contributed by atoms with van der Waals surface area (Å²) in [6, 6.07) is 44.5. The van der Waals surface area contributed by atoms with E-state index in [0.29, 0.717) is 0 Å². The smallest absolute Gasteiger partial charge is 0.0433 e. The van der Waals surface area contributed by atoms with Crippen LogP contribution in [0.1, 0.15) is 56.5 Å². The van der Waals surface area contributed by atoms with Crippen molar-refractivity contribution < 1.29 is 0 Å². The van der Waals surface area contributed by atoms with E-state index in [2.05, 4.69) is 158 Å². The molecule has 6 rings (SSSR count). The summed E-state index contributed by atoms with van der Waals surface area (Å²) < 4.78 is 0. The Morgan fingerprint density at radius 2 is 1.12 bits per heavy atom. The van der Waals surface area contributed by atoms with Crippen LogP contribution in [0.4, 0.5) is 5.69 Å². The van der Waals surface area contributed by atoms with Gasteiger partial charge in [0.1, 0.15) is 0 Å². The molecule has 0 aromatic heterocycles. The molecule has 0 atom stereocenters. The molecule has 0 aliphatic heterocycles. The first-order valence-corrected chi connectivity index (χ1v) is 14.6. The first-order valence-electron chi connectivity index (χ1n) is 14.6. The summed E-state index contributed by atoms with van der Waals surface area (Å²) >= 11 is 0. The Morgan fingerprint density at radius 1 is 0.561 bits per heavy atom. The zero-order valence-electron chi connectivity index (χ0n) is 24.1. The highest BCUT2D eigenvalue weighted by atomic mass is 15.1. The maximum absolute atomic E-state index is 2.48. The number of aryl methyl sites for hydroxylation is 3. The summed E-state index contributed by atoms with van der Waals surface area (Å²) in [5, 5.41) is 0. The van der Waals surface area contributed by atoms with Crippen molar-refractivity contribution in [1.29, 1.82) is 0 Å². The Kier molecular flexibility index (Phi) is 7.96. The van der Waals surface area contributed by atoms with Crippen molar-refractivity contribution >= 4 is 29.5 Å². The molecule has 0 spiro atoms. The SMILES string of the molecule is Cc1ccc(CN(Cc2ccc(C)cc2)c2ccc(/C=C3/CCc4ccccc4/C=C\c4ccccc43)cc2)cc1. The molecule has 5 aromatic carbocycles. The summed E-state index contributed by atoms with van der Waals surface area (Å²) in [6.45, 7) is 6.03. The first kappa shape index (κ1) is 26.6. The van der Waals surface area contributed by atoms with Gasteiger partial charge in [-0.15, -0.1) is 0 Å². The van der Waals surface area contributed by atoms with E-state index in [1.54, 1.807) is 0 Å². The van der Waals surface area contributed by atoms with Crippen molar-refractivity contribution in [2.45, 2.75) is 39.8 Å². The van der Waals surface area contributed by atoms with E-state index in [-0.39, 0.29) is 0 Å². The molecule has 41 heavy (non-hydrogen) atoms. The van der Waals surface area contributed by atoms with Gasteiger partial charge in [-0.25, -0.2) is 0 Å². The van der Waals surface area contributed by atoms with E-state index in [4.69, 9.17) is 0 Å². The fourth-order valence-corrected chi connectivity index (χ4v) is 5.64. The van der Waals surface area contributed by atoms with Crippen LogP contribution in [-0.2, 0) is 19.5 Å². The minimum Gasteiger partial charge on any atom is -0.363 e. The molecule has 0 amide bonds. The standard InChI is InChI=1S/C40H37N/c1-30-11-15-33(16-12-30)28-41(29-34-17-13-31(2)14-18-34)39-25-19-32(20-26-39)27-38-24-22-36-8-4-3-7-35(36)21-23-37-9-5-6-10-40(37)38/h3-21,23,25-27H,22,24,28-29H2,1-2H3/b23-21-,38-27-. The molecule has 5 aromatic rings. The third kappa shape index (κ3) is 6.58. The van der Waals surface area contributed by atoms with Crippen molar-refractivity contribution in [2.75, 3.05) is 4.90 Å². The van der Waals surface area contributed by atoms with Gasteiger partial charge in [0.2, 0.25) is 0 Å². The quantitative estimate of drug-likeness (QED) is 0.211. The fourth-order valence-electron chi connectivity index (χ4n) is 5.64. The molecule has 0 fully saturated rings. The van der Waals surface area contributed by atoms with E-state index in [1.807, 2.05) is 0 Å². The maximum atomic E-state index is 2.48. The number of allylic oxidation sites excluding steroid dienone is 1. The number of nitrogens with zero attached hydrogens (tertiary/aromatic N) is 1. The third-order valence-electron chi connectivity index (χ3n) is 8.06. The van der Waals surface area contributed by atoms with Gasteiger partial charge in [0.05, 0.1) is 0 Å². The molecule has 1 nitrogen and oxygen atoms in total. The molecule has 0 saturated heterocycles. The van der Waals surface area contributed by atoms with Crippen molar-refractivity contribution in [3.63, 3.8) is 0 Å². The lowest BCUT2D eigenvalue weighted by Crippen LogP contribution is -2.22. The lowest BCUT2D eigenvalue weighted by molar-refractivity contribution is 0.799. The molecule has 1 heteroatoms. The van der Waals surface area contributed by atoms with Gasteiger partial charge in [-0.3, -0.25) is 0 Å². The van der Waals surface area contributed by atoms with E-state index < -0.39 is 0 Å². The zero-order chi connectivity index (χ0) is 28.0. The van der Waals surface area contributed by atoms with Crippen LogP contribution in [0.15, 0.2) is 121 Å². The van der Waals surface area contributed by atoms with Crippen molar-refractivity contribution in [2.24, 2.45) is 0 Å².